The highest BCUT2D eigenvalue weighted by Gasteiger charge is 1.89. The second kappa shape index (κ2) is 10.6. The molecule has 0 rings (SSSR count). The van der Waals surface area contributed by atoms with Gasteiger partial charge in [0.2, 0.25) is 0 Å². The Labute approximate surface area is 77.8 Å². The summed E-state index contributed by atoms with van der Waals surface area (Å²) in [6, 6.07) is 0. The first-order chi connectivity index (χ1) is 5.91. The molecule has 0 aliphatic carbocycles. The lowest BCUT2D eigenvalue weighted by Crippen LogP contribution is -1.79. The van der Waals surface area contributed by atoms with E-state index in [1.54, 1.807) is 0 Å². The van der Waals surface area contributed by atoms with Crippen LogP contribution in [0.1, 0.15) is 57.8 Å². The van der Waals surface area contributed by atoms with Crippen LogP contribution >= 0.6 is 0 Å². The molecule has 0 N–H and O–H groups in total. The maximum Gasteiger partial charge on any atom is 0.00860 e. The molecule has 0 aliphatic heterocycles. The normalized spacial score (nSPS) is 9.67. The molecule has 0 atom stereocenters. The molecule has 0 saturated heterocycles. The molecule has 0 aromatic rings. The van der Waals surface area contributed by atoms with Gasteiger partial charge in [0.15, 0.2) is 0 Å². The van der Waals surface area contributed by atoms with Crippen LogP contribution in [0.2, 0.25) is 0 Å². The monoisotopic (exact) mass is 165 g/mol. The van der Waals surface area contributed by atoms with Gasteiger partial charge in [-0.3, -0.25) is 0 Å². The predicted molar refractivity (Wildman–Crippen MR) is 55.7 cm³/mol. The van der Waals surface area contributed by atoms with Crippen LogP contribution in [0, 0.1) is 19.3 Å². The third-order valence-electron chi connectivity index (χ3n) is 2.07. The predicted octanol–water partition coefficient (Wildman–Crippen LogP) is 3.96. The summed E-state index contributed by atoms with van der Waals surface area (Å²) >= 11 is 0. The summed E-state index contributed by atoms with van der Waals surface area (Å²) in [5, 5.41) is 0. The number of unbranched alkanes of at least 4 members (excludes halogenated alkanes) is 8. The Hall–Kier alpha value is -0.440. The van der Waals surface area contributed by atoms with Gasteiger partial charge >= 0.3 is 0 Å². The quantitative estimate of drug-likeness (QED) is 0.377. The van der Waals surface area contributed by atoms with Crippen LogP contribution in [0.15, 0.2) is 0 Å². The zero-order valence-corrected chi connectivity index (χ0v) is 8.15. The zero-order chi connectivity index (χ0) is 9.07. The number of terminal acetylenes is 1. The van der Waals surface area contributed by atoms with Crippen molar-refractivity contribution in [1.82, 2.24) is 0 Å². The molecule has 0 unspecified atom stereocenters. The van der Waals surface area contributed by atoms with Crippen molar-refractivity contribution in [1.29, 1.82) is 0 Å². The molecule has 0 heteroatoms. The van der Waals surface area contributed by atoms with Crippen LogP contribution in [0.4, 0.5) is 0 Å². The first kappa shape index (κ1) is 11.6. The van der Waals surface area contributed by atoms with Crippen LogP contribution in [0.3, 0.4) is 0 Å². The summed E-state index contributed by atoms with van der Waals surface area (Å²) in [6.07, 6.45) is 16.5. The first-order valence-corrected chi connectivity index (χ1v) is 5.14. The van der Waals surface area contributed by atoms with E-state index in [1.165, 1.54) is 44.9 Å². The molecule has 0 amide bonds. The summed E-state index contributed by atoms with van der Waals surface area (Å²) in [5.41, 5.74) is 0. The van der Waals surface area contributed by atoms with Gasteiger partial charge in [-0.2, -0.15) is 0 Å². The third kappa shape index (κ3) is 9.56. The van der Waals surface area contributed by atoms with Gasteiger partial charge in [0.1, 0.15) is 0 Å². The fourth-order valence-corrected chi connectivity index (χ4v) is 1.29. The molecule has 1 radical (unpaired) electrons. The van der Waals surface area contributed by atoms with Crippen LogP contribution in [0.25, 0.3) is 0 Å². The minimum Gasteiger partial charge on any atom is -0.120 e. The first-order valence-electron chi connectivity index (χ1n) is 5.14. The third-order valence-corrected chi connectivity index (χ3v) is 2.07. The maximum atomic E-state index is 5.15. The van der Waals surface area contributed by atoms with Crippen molar-refractivity contribution in [2.24, 2.45) is 0 Å². The Morgan fingerprint density at radius 2 is 1.33 bits per heavy atom. The van der Waals surface area contributed by atoms with Gasteiger partial charge in [0, 0.05) is 6.42 Å². The second-order valence-corrected chi connectivity index (χ2v) is 3.28. The van der Waals surface area contributed by atoms with Gasteiger partial charge in [0.05, 0.1) is 0 Å². The van der Waals surface area contributed by atoms with Gasteiger partial charge in [-0.1, -0.05) is 51.9 Å². The molecule has 0 saturated carbocycles. The van der Waals surface area contributed by atoms with Crippen LogP contribution in [-0.2, 0) is 0 Å². The van der Waals surface area contributed by atoms with Gasteiger partial charge in [-0.25, -0.2) is 0 Å². The van der Waals surface area contributed by atoms with Crippen molar-refractivity contribution >= 4 is 0 Å². The number of hydrogen-bond acceptors (Lipinski definition) is 0. The molecule has 0 heterocycles. The fraction of sp³-hybridized carbons (Fsp3) is 0.750. The topological polar surface area (TPSA) is 0 Å². The minimum atomic E-state index is 0.957. The van der Waals surface area contributed by atoms with E-state index in [0.29, 0.717) is 0 Å². The molecular weight excluding hydrogens is 144 g/mol. The van der Waals surface area contributed by atoms with E-state index < -0.39 is 0 Å². The Balaban J connectivity index is 2.78. The van der Waals surface area contributed by atoms with E-state index in [9.17, 15) is 0 Å². The van der Waals surface area contributed by atoms with Gasteiger partial charge in [-0.05, 0) is 6.42 Å². The maximum absolute atomic E-state index is 5.15. The molecule has 12 heavy (non-hydrogen) atoms. The summed E-state index contributed by atoms with van der Waals surface area (Å²) in [4.78, 5) is 0. The highest BCUT2D eigenvalue weighted by Crippen LogP contribution is 2.08. The highest BCUT2D eigenvalue weighted by molar-refractivity contribution is 4.82. The average Bonchev–Trinajstić information content (AvgIpc) is 2.10. The molecule has 0 aromatic heterocycles. The van der Waals surface area contributed by atoms with E-state index >= 15 is 0 Å². The van der Waals surface area contributed by atoms with Gasteiger partial charge in [0.25, 0.3) is 0 Å². The van der Waals surface area contributed by atoms with Gasteiger partial charge < -0.3 is 0 Å². The molecule has 0 nitrogen and oxygen atoms in total. The average molecular weight is 165 g/mol. The van der Waals surface area contributed by atoms with Crippen LogP contribution in [0.5, 0.6) is 0 Å². The molecule has 0 bridgehead atoms. The summed E-state index contributed by atoms with van der Waals surface area (Å²) < 4.78 is 0. The van der Waals surface area contributed by atoms with Crippen molar-refractivity contribution in [3.8, 4) is 12.3 Å². The largest absolute Gasteiger partial charge is 0.120 e. The van der Waals surface area contributed by atoms with E-state index in [2.05, 4.69) is 12.8 Å². The van der Waals surface area contributed by atoms with Crippen molar-refractivity contribution in [3.05, 3.63) is 6.92 Å². The van der Waals surface area contributed by atoms with E-state index in [-0.39, 0.29) is 0 Å². The lowest BCUT2D eigenvalue weighted by atomic mass is 10.1. The van der Waals surface area contributed by atoms with Crippen molar-refractivity contribution in [2.75, 3.05) is 0 Å². The minimum absolute atomic E-state index is 0.957. The molecular formula is C12H21. The molecule has 0 aliphatic rings. The SMILES string of the molecule is C#CCCCCCCCCC[CH2]. The summed E-state index contributed by atoms with van der Waals surface area (Å²) in [7, 11) is 0. The zero-order valence-electron chi connectivity index (χ0n) is 8.15. The summed E-state index contributed by atoms with van der Waals surface area (Å²) in [6.45, 7) is 3.82. The lowest BCUT2D eigenvalue weighted by Gasteiger charge is -1.98. The van der Waals surface area contributed by atoms with Crippen LogP contribution in [-0.4, -0.2) is 0 Å². The van der Waals surface area contributed by atoms with E-state index in [0.717, 1.165) is 12.8 Å². The lowest BCUT2D eigenvalue weighted by molar-refractivity contribution is 0.585. The number of rotatable bonds is 8. The molecule has 0 spiro atoms. The van der Waals surface area contributed by atoms with Gasteiger partial charge in [-0.15, -0.1) is 12.3 Å². The fourth-order valence-electron chi connectivity index (χ4n) is 1.29. The van der Waals surface area contributed by atoms with E-state index in [1.807, 2.05) is 0 Å². The van der Waals surface area contributed by atoms with E-state index in [4.69, 9.17) is 6.42 Å². The highest BCUT2D eigenvalue weighted by atomic mass is 14.0. The Morgan fingerprint density at radius 1 is 0.833 bits per heavy atom. The standard InChI is InChI=1S/C12H21/c1-3-5-7-9-11-12-10-8-6-4-2/h1H,2,4-12H2. The van der Waals surface area contributed by atoms with Crippen molar-refractivity contribution < 1.29 is 0 Å². The summed E-state index contributed by atoms with van der Waals surface area (Å²) in [5.74, 6) is 2.67. The Morgan fingerprint density at radius 3 is 1.83 bits per heavy atom. The van der Waals surface area contributed by atoms with Crippen LogP contribution < -0.4 is 0 Å². The smallest absolute Gasteiger partial charge is 0.00860 e. The molecule has 0 fully saturated rings. The number of hydrogen-bond donors (Lipinski definition) is 0. The second-order valence-electron chi connectivity index (χ2n) is 3.28. The van der Waals surface area contributed by atoms with Crippen molar-refractivity contribution in [2.45, 2.75) is 57.8 Å². The molecule has 0 aromatic carbocycles. The molecule has 69 valence electrons. The van der Waals surface area contributed by atoms with Crippen molar-refractivity contribution in [3.63, 3.8) is 0 Å². The Kier molecular flexibility index (Phi) is 10.2. The Bertz CT molecular complexity index is 108.